The minimum atomic E-state index is 0.0446. The van der Waals surface area contributed by atoms with E-state index >= 15 is 0 Å². The fraction of sp³-hybridized carbons (Fsp3) is 0.425. The summed E-state index contributed by atoms with van der Waals surface area (Å²) in [6.45, 7) is 76.9. The molecule has 6 N–H and O–H groups in total. The minimum absolute atomic E-state index is 0.0446. The number of nitrogens with two attached hydrogens (primary N) is 1. The molecule has 3 fully saturated rings. The van der Waals surface area contributed by atoms with Gasteiger partial charge in [-0.25, -0.2) is 4.98 Å². The Morgan fingerprint density at radius 2 is 1.49 bits per heavy atom. The molecule has 7 heteroatoms. The predicted octanol–water partition coefficient (Wildman–Crippen LogP) is 20.4. The Morgan fingerprint density at radius 3 is 1.93 bits per heavy atom. The smallest absolute Gasteiger partial charge is 0.106 e. The first-order valence-electron chi connectivity index (χ1n) is 31.7. The number of hydrogen-bond donors (Lipinski definition) is 5. The van der Waals surface area contributed by atoms with Gasteiger partial charge in [-0.1, -0.05) is 236 Å². The first-order valence-corrected chi connectivity index (χ1v) is 31.7. The summed E-state index contributed by atoms with van der Waals surface area (Å²) >= 11 is 0. The van der Waals surface area contributed by atoms with Crippen LogP contribution in [0, 0.1) is 46.8 Å². The van der Waals surface area contributed by atoms with E-state index in [9.17, 15) is 5.11 Å². The van der Waals surface area contributed by atoms with Crippen molar-refractivity contribution in [2.24, 2.45) is 45.7 Å². The lowest BCUT2D eigenvalue weighted by atomic mass is 9.79. The molecule has 476 valence electrons. The van der Waals surface area contributed by atoms with Crippen molar-refractivity contribution in [2.45, 2.75) is 175 Å². The highest BCUT2D eigenvalue weighted by molar-refractivity contribution is 5.68. The fourth-order valence-corrected chi connectivity index (χ4v) is 12.6. The molecule has 6 atom stereocenters. The van der Waals surface area contributed by atoms with Gasteiger partial charge >= 0.3 is 0 Å². The highest BCUT2D eigenvalue weighted by Crippen LogP contribution is 2.98. The maximum absolute atomic E-state index is 9.91. The van der Waals surface area contributed by atoms with Crippen LogP contribution >= 0.6 is 0 Å². The van der Waals surface area contributed by atoms with E-state index in [1.54, 1.807) is 18.1 Å². The van der Waals surface area contributed by atoms with Crippen molar-refractivity contribution >= 4 is 25.1 Å². The summed E-state index contributed by atoms with van der Waals surface area (Å²) < 4.78 is 0. The van der Waals surface area contributed by atoms with E-state index in [2.05, 4.69) is 253 Å². The monoisotopic (exact) mass is 1180 g/mol. The number of hydrogen-bond acceptors (Lipinski definition) is 6. The molecule has 1 heterocycles. The molecule has 0 saturated heterocycles. The number of carbonyl (C=O) groups is 1. The van der Waals surface area contributed by atoms with Gasteiger partial charge in [0.05, 0.1) is 18.6 Å². The standard InChI is InChI=1S/C55H72N2O.C12H18.C4H6N2.C2H5N.2C2H6.C2H4.CH2O/c1-15-21-53(52(17-3)41(11)26-29-48(37(4)5)34-49-23-19-18-22-40(49)10)54(38(6)7)32-42(12)55(39(8)9)57-43(13)36-56-51-25-20-24-50(35-51)47-30-27-45(28-31-47)33-46(16-2)44(14)58;1-5-11-7-12(11)9(6-8(11)2)10(12,3)4;1-4-2-5-3-6-4;1-2-3;4*1-2/h15,18-25,27-28,30-31,34-35,39,46,54-58H,6,10-14,16-17,26,29,32-33,36H2,1-5,7-9H3;9H,2,5-7H2,1,3-4H3;2-3H,1H3,(H,5,6);2H,1,3H2;2*1-2H3;1-2H2;1H2/b21-15-,49-34-,53-52+;;;;;;;. The summed E-state index contributed by atoms with van der Waals surface area (Å²) in [4.78, 5) is 14.7. The van der Waals surface area contributed by atoms with Crippen LogP contribution < -0.4 is 26.8 Å². The number of aromatic nitrogens is 2. The molecule has 0 amide bonds. The van der Waals surface area contributed by atoms with Crippen molar-refractivity contribution in [3.8, 4) is 11.1 Å². The normalized spacial score (nSPS) is 18.1. The average Bonchev–Trinajstić information content (AvgIpc) is 1.42. The highest BCUT2D eigenvalue weighted by Gasteiger charge is 2.92. The molecule has 6 unspecified atom stereocenters. The highest BCUT2D eigenvalue weighted by atomic mass is 16.3. The largest absolute Gasteiger partial charge is 0.513 e. The van der Waals surface area contributed by atoms with Crippen LogP contribution in [0.15, 0.2) is 219 Å². The zero-order chi connectivity index (χ0) is 66.8. The van der Waals surface area contributed by atoms with Gasteiger partial charge in [-0.15, -0.1) is 13.2 Å². The number of H-pyrrole nitrogens is 1. The van der Waals surface area contributed by atoms with Gasteiger partial charge < -0.3 is 31.3 Å². The zero-order valence-electron chi connectivity index (χ0n) is 57.5. The van der Waals surface area contributed by atoms with E-state index in [0.29, 0.717) is 23.3 Å². The van der Waals surface area contributed by atoms with Gasteiger partial charge in [0.25, 0.3) is 0 Å². The number of carbonyl (C=O) groups excluding carboxylic acids is 1. The quantitative estimate of drug-likeness (QED) is 0.0271. The van der Waals surface area contributed by atoms with Crippen LogP contribution in [0.25, 0.3) is 23.8 Å². The topological polar surface area (TPSA) is 116 Å². The first kappa shape index (κ1) is 79.6. The van der Waals surface area contributed by atoms with Crippen molar-refractivity contribution in [3.63, 3.8) is 0 Å². The van der Waals surface area contributed by atoms with Gasteiger partial charge in [0.2, 0.25) is 0 Å². The predicted molar refractivity (Wildman–Crippen MR) is 387 cm³/mol. The van der Waals surface area contributed by atoms with E-state index in [4.69, 9.17) is 4.79 Å². The summed E-state index contributed by atoms with van der Waals surface area (Å²) in [5.41, 5.74) is 23.4. The van der Waals surface area contributed by atoms with E-state index in [1.165, 1.54) is 58.9 Å². The first-order chi connectivity index (χ1) is 41.4. The molecule has 3 aliphatic rings. The molecule has 87 heavy (non-hydrogen) atoms. The SMILES string of the molecule is C=C.C=C(CNc1cccc(-c2ccc(CC(CC)C(=C)O)cc2)c1)NC(C(=C)CC(C(=C)C)C(/C=C\C)=C(\CC)C(=C)CCC(/C=c1/ccccc1=C)=C(C)C)C(C)C.C=C1CC2C(C)(C)C23CC13CC.C=CN.C=O.CC.CC.Cc1cnc[nH]1. The van der Waals surface area contributed by atoms with Crippen molar-refractivity contribution in [3.05, 3.63) is 241 Å². The van der Waals surface area contributed by atoms with Gasteiger partial charge in [0.15, 0.2) is 0 Å². The number of nitrogens with one attached hydrogen (secondary N) is 3. The molecular formula is C80H119N5O2. The number of aliphatic hydroxyl groups is 1. The number of anilines is 1. The van der Waals surface area contributed by atoms with Gasteiger partial charge in [-0.3, -0.25) is 0 Å². The van der Waals surface area contributed by atoms with Crippen molar-refractivity contribution < 1.29 is 9.90 Å². The molecule has 7 nitrogen and oxygen atoms in total. The van der Waals surface area contributed by atoms with Crippen LogP contribution in [0.3, 0.4) is 0 Å². The number of aromatic amines is 1. The molecule has 0 bridgehead atoms. The maximum Gasteiger partial charge on any atom is 0.106 e. The third kappa shape index (κ3) is 22.1. The average molecular weight is 1180 g/mol. The lowest BCUT2D eigenvalue weighted by Gasteiger charge is -2.31. The number of nitrogens with zero attached hydrogens (tertiary/aromatic N) is 1. The van der Waals surface area contributed by atoms with E-state index in [-0.39, 0.29) is 23.6 Å². The number of aryl methyl sites for hydroxylation is 1. The Balaban J connectivity index is 0.00000206. The van der Waals surface area contributed by atoms with Crippen molar-refractivity contribution in [1.29, 1.82) is 0 Å². The van der Waals surface area contributed by atoms with Gasteiger partial charge in [-0.2, -0.15) is 0 Å². The van der Waals surface area contributed by atoms with Crippen molar-refractivity contribution in [1.82, 2.24) is 15.3 Å². The summed E-state index contributed by atoms with van der Waals surface area (Å²) in [6, 6.07) is 25.4. The van der Waals surface area contributed by atoms with Crippen molar-refractivity contribution in [2.75, 3.05) is 11.9 Å². The van der Waals surface area contributed by atoms with Crippen LogP contribution in [0.5, 0.6) is 0 Å². The molecule has 1 aromatic heterocycles. The van der Waals surface area contributed by atoms with Gasteiger partial charge in [0, 0.05) is 41.2 Å². The Hall–Kier alpha value is -7.38. The van der Waals surface area contributed by atoms with Gasteiger partial charge in [0.1, 0.15) is 6.79 Å². The number of allylic oxidation sites excluding steroid dienone is 10. The number of imidazole rings is 1. The summed E-state index contributed by atoms with van der Waals surface area (Å²) in [6.07, 6.45) is 20.7. The van der Waals surface area contributed by atoms with E-state index in [0.717, 1.165) is 99.6 Å². The van der Waals surface area contributed by atoms with E-state index < -0.39 is 0 Å². The molecule has 0 radical (unpaired) electrons. The second kappa shape index (κ2) is 40.1. The Morgan fingerprint density at radius 1 is 0.885 bits per heavy atom. The van der Waals surface area contributed by atoms with Crippen LogP contribution in [0.2, 0.25) is 0 Å². The van der Waals surface area contributed by atoms with Crippen LogP contribution in [-0.4, -0.2) is 34.5 Å². The van der Waals surface area contributed by atoms with Crippen LogP contribution in [-0.2, 0) is 11.2 Å². The number of benzene rings is 3. The number of rotatable bonds is 24. The molecule has 4 aromatic rings. The minimum Gasteiger partial charge on any atom is -0.513 e. The molecule has 1 spiro atoms. The molecule has 7 rings (SSSR count). The Kier molecular flexibility index (Phi) is 36.7. The summed E-state index contributed by atoms with van der Waals surface area (Å²) in [7, 11) is 0. The molecule has 3 aromatic carbocycles. The third-order valence-corrected chi connectivity index (χ3v) is 17.4. The Labute approximate surface area is 531 Å². The van der Waals surface area contributed by atoms with Crippen LogP contribution in [0.1, 0.15) is 166 Å². The lowest BCUT2D eigenvalue weighted by molar-refractivity contribution is -0.0980. The fourth-order valence-electron chi connectivity index (χ4n) is 12.6. The second-order valence-corrected chi connectivity index (χ2v) is 23.6. The van der Waals surface area contributed by atoms with Gasteiger partial charge in [-0.05, 0) is 183 Å². The van der Waals surface area contributed by atoms with Crippen LogP contribution in [0.4, 0.5) is 5.69 Å². The number of aliphatic hydroxyl groups excluding tert-OH is 1. The lowest BCUT2D eigenvalue weighted by Crippen LogP contribution is -2.37. The molecule has 3 aliphatic carbocycles. The summed E-state index contributed by atoms with van der Waals surface area (Å²) in [5, 5.41) is 19.4. The Bertz CT molecular complexity index is 3010. The molecule has 3 saturated carbocycles. The summed E-state index contributed by atoms with van der Waals surface area (Å²) in [5.74, 6) is 1.75. The second-order valence-electron chi connectivity index (χ2n) is 23.6. The molecule has 0 aliphatic heterocycles. The molecular weight excluding hydrogens is 1060 g/mol. The third-order valence-electron chi connectivity index (χ3n) is 17.4. The van der Waals surface area contributed by atoms with E-state index in [1.807, 2.05) is 47.5 Å². The zero-order valence-corrected chi connectivity index (χ0v) is 57.5. The maximum atomic E-state index is 9.91.